The van der Waals surface area contributed by atoms with Crippen molar-refractivity contribution in [1.29, 1.82) is 0 Å². The summed E-state index contributed by atoms with van der Waals surface area (Å²) in [6.07, 6.45) is 0.0435. The lowest BCUT2D eigenvalue weighted by molar-refractivity contribution is -0.120. The highest BCUT2D eigenvalue weighted by Crippen LogP contribution is 2.27. The number of benzene rings is 1. The zero-order valence-electron chi connectivity index (χ0n) is 12.4. The number of halogens is 1. The Morgan fingerprint density at radius 1 is 1.30 bits per heavy atom. The van der Waals surface area contributed by atoms with Gasteiger partial charge in [-0.2, -0.15) is 0 Å². The minimum Gasteiger partial charge on any atom is -0.419 e. The van der Waals surface area contributed by atoms with Crippen LogP contribution in [0.1, 0.15) is 17.0 Å². The number of aryl methyl sites for hydroxylation is 1. The van der Waals surface area contributed by atoms with Crippen LogP contribution in [0.25, 0.3) is 10.8 Å². The Balaban J connectivity index is 1.59. The van der Waals surface area contributed by atoms with E-state index in [1.807, 2.05) is 36.6 Å². The molecule has 0 fully saturated rings. The van der Waals surface area contributed by atoms with Crippen LogP contribution in [0.2, 0.25) is 5.02 Å². The van der Waals surface area contributed by atoms with Crippen LogP contribution in [0.3, 0.4) is 0 Å². The predicted octanol–water partition coefficient (Wildman–Crippen LogP) is 3.62. The molecular formula is C16H14ClN3O2S. The summed E-state index contributed by atoms with van der Waals surface area (Å²) >= 11 is 7.58. The first-order valence-electron chi connectivity index (χ1n) is 7.00. The largest absolute Gasteiger partial charge is 0.419 e. The quantitative estimate of drug-likeness (QED) is 0.765. The second-order valence-electron chi connectivity index (χ2n) is 4.98. The molecule has 0 bridgehead atoms. The van der Waals surface area contributed by atoms with Crippen molar-refractivity contribution < 1.29 is 9.21 Å². The molecule has 7 heteroatoms. The molecule has 0 unspecified atom stereocenters. The van der Waals surface area contributed by atoms with Gasteiger partial charge in [-0.25, -0.2) is 0 Å². The maximum Gasteiger partial charge on any atom is 0.258 e. The van der Waals surface area contributed by atoms with Crippen LogP contribution >= 0.6 is 22.9 Å². The van der Waals surface area contributed by atoms with E-state index >= 15 is 0 Å². The normalized spacial score (nSPS) is 10.7. The molecule has 0 atom stereocenters. The van der Waals surface area contributed by atoms with Gasteiger partial charge in [-0.05, 0) is 35.6 Å². The van der Waals surface area contributed by atoms with Crippen LogP contribution in [0, 0.1) is 6.92 Å². The van der Waals surface area contributed by atoms with E-state index in [4.69, 9.17) is 16.0 Å². The zero-order valence-corrected chi connectivity index (χ0v) is 13.9. The first kappa shape index (κ1) is 15.7. The number of hydrogen-bond acceptors (Lipinski definition) is 5. The lowest BCUT2D eigenvalue weighted by Gasteiger charge is -2.05. The second kappa shape index (κ2) is 6.93. The smallest absolute Gasteiger partial charge is 0.258 e. The van der Waals surface area contributed by atoms with Gasteiger partial charge in [-0.3, -0.25) is 4.79 Å². The zero-order chi connectivity index (χ0) is 16.2. The Bertz CT molecular complexity index is 828. The average Bonchev–Trinajstić information content (AvgIpc) is 3.15. The lowest BCUT2D eigenvalue weighted by Crippen LogP contribution is -2.24. The molecule has 0 aliphatic rings. The number of aromatic nitrogens is 2. The summed E-state index contributed by atoms with van der Waals surface area (Å²) < 4.78 is 5.56. The highest BCUT2D eigenvalue weighted by atomic mass is 35.5. The van der Waals surface area contributed by atoms with Crippen molar-refractivity contribution in [2.24, 2.45) is 0 Å². The van der Waals surface area contributed by atoms with Crippen LogP contribution in [-0.4, -0.2) is 16.1 Å². The molecule has 0 aliphatic heterocycles. The number of amides is 1. The van der Waals surface area contributed by atoms with E-state index in [2.05, 4.69) is 15.5 Å². The Hall–Kier alpha value is -2.18. The first-order chi connectivity index (χ1) is 11.1. The van der Waals surface area contributed by atoms with E-state index in [-0.39, 0.29) is 12.3 Å². The molecule has 0 saturated carbocycles. The van der Waals surface area contributed by atoms with Crippen molar-refractivity contribution in [3.63, 3.8) is 0 Å². The topological polar surface area (TPSA) is 68.0 Å². The van der Waals surface area contributed by atoms with Crippen LogP contribution in [0.15, 0.2) is 40.1 Å². The third-order valence-electron chi connectivity index (χ3n) is 3.27. The van der Waals surface area contributed by atoms with E-state index in [1.165, 1.54) is 11.3 Å². The molecule has 0 radical (unpaired) electrons. The maximum atomic E-state index is 12.0. The minimum absolute atomic E-state index is 0.0435. The van der Waals surface area contributed by atoms with Crippen molar-refractivity contribution in [3.8, 4) is 10.8 Å². The Morgan fingerprint density at radius 2 is 2.13 bits per heavy atom. The summed E-state index contributed by atoms with van der Waals surface area (Å²) in [5.41, 5.74) is 1.94. The summed E-state index contributed by atoms with van der Waals surface area (Å²) in [6.45, 7) is 2.34. The van der Waals surface area contributed by atoms with E-state index in [0.717, 1.165) is 16.0 Å². The number of carbonyl (C=O) groups is 1. The SMILES string of the molecule is Cc1ccsc1-c1nnc(CC(=O)NCc2ccccc2Cl)o1. The van der Waals surface area contributed by atoms with Gasteiger partial charge in [0.15, 0.2) is 0 Å². The molecule has 23 heavy (non-hydrogen) atoms. The number of nitrogens with one attached hydrogen (secondary N) is 1. The van der Waals surface area contributed by atoms with Gasteiger partial charge in [0, 0.05) is 11.6 Å². The molecule has 5 nitrogen and oxygen atoms in total. The molecule has 2 heterocycles. The van der Waals surface area contributed by atoms with Crippen molar-refractivity contribution in [2.75, 3.05) is 0 Å². The van der Waals surface area contributed by atoms with Gasteiger partial charge in [-0.15, -0.1) is 21.5 Å². The van der Waals surface area contributed by atoms with Crippen molar-refractivity contribution in [2.45, 2.75) is 19.9 Å². The summed E-state index contributed by atoms with van der Waals surface area (Å²) in [6, 6.07) is 9.37. The fourth-order valence-electron chi connectivity index (χ4n) is 2.04. The number of rotatable bonds is 5. The van der Waals surface area contributed by atoms with E-state index in [9.17, 15) is 4.79 Å². The van der Waals surface area contributed by atoms with Crippen LogP contribution < -0.4 is 5.32 Å². The standard InChI is InChI=1S/C16H14ClN3O2S/c1-10-6-7-23-15(10)16-20-19-14(22-16)8-13(21)18-9-11-4-2-3-5-12(11)17/h2-7H,8-9H2,1H3,(H,18,21). The highest BCUT2D eigenvalue weighted by molar-refractivity contribution is 7.13. The molecule has 3 rings (SSSR count). The fourth-order valence-corrected chi connectivity index (χ4v) is 3.09. The summed E-state index contributed by atoms with van der Waals surface area (Å²) in [5.74, 6) is 0.555. The number of hydrogen-bond donors (Lipinski definition) is 1. The van der Waals surface area contributed by atoms with Gasteiger partial charge in [-0.1, -0.05) is 29.8 Å². The molecule has 1 N–H and O–H groups in total. The van der Waals surface area contributed by atoms with Crippen LogP contribution in [-0.2, 0) is 17.8 Å². The molecule has 0 saturated heterocycles. The maximum absolute atomic E-state index is 12.0. The lowest BCUT2D eigenvalue weighted by atomic mass is 10.2. The van der Waals surface area contributed by atoms with Crippen molar-refractivity contribution in [3.05, 3.63) is 57.8 Å². The molecule has 1 amide bonds. The number of nitrogens with zero attached hydrogens (tertiary/aromatic N) is 2. The van der Waals surface area contributed by atoms with Gasteiger partial charge in [0.1, 0.15) is 6.42 Å². The molecule has 118 valence electrons. The molecule has 0 spiro atoms. The Labute approximate surface area is 142 Å². The molecular weight excluding hydrogens is 334 g/mol. The van der Waals surface area contributed by atoms with Gasteiger partial charge in [0.2, 0.25) is 11.8 Å². The van der Waals surface area contributed by atoms with Crippen molar-refractivity contribution in [1.82, 2.24) is 15.5 Å². The monoisotopic (exact) mass is 347 g/mol. The predicted molar refractivity (Wildman–Crippen MR) is 89.4 cm³/mol. The van der Waals surface area contributed by atoms with Gasteiger partial charge < -0.3 is 9.73 Å². The van der Waals surface area contributed by atoms with Gasteiger partial charge in [0.25, 0.3) is 5.89 Å². The second-order valence-corrected chi connectivity index (χ2v) is 6.30. The van der Waals surface area contributed by atoms with Crippen molar-refractivity contribution >= 4 is 28.8 Å². The summed E-state index contributed by atoms with van der Waals surface area (Å²) in [5, 5.41) is 13.3. The summed E-state index contributed by atoms with van der Waals surface area (Å²) in [7, 11) is 0. The van der Waals surface area contributed by atoms with Gasteiger partial charge >= 0.3 is 0 Å². The fraction of sp³-hybridized carbons (Fsp3) is 0.188. The van der Waals surface area contributed by atoms with E-state index < -0.39 is 0 Å². The third-order valence-corrected chi connectivity index (χ3v) is 4.64. The first-order valence-corrected chi connectivity index (χ1v) is 8.26. The Morgan fingerprint density at radius 3 is 2.87 bits per heavy atom. The van der Waals surface area contributed by atoms with Crippen LogP contribution in [0.4, 0.5) is 0 Å². The summed E-state index contributed by atoms with van der Waals surface area (Å²) in [4.78, 5) is 12.9. The Kier molecular flexibility index (Phi) is 4.73. The molecule has 1 aromatic carbocycles. The molecule has 2 aromatic heterocycles. The highest BCUT2D eigenvalue weighted by Gasteiger charge is 2.14. The third kappa shape index (κ3) is 3.78. The number of carbonyl (C=O) groups excluding carboxylic acids is 1. The van der Waals surface area contributed by atoms with E-state index in [1.54, 1.807) is 6.07 Å². The number of thiophene rings is 1. The minimum atomic E-state index is -0.192. The molecule has 3 aromatic rings. The van der Waals surface area contributed by atoms with E-state index in [0.29, 0.717) is 23.3 Å². The van der Waals surface area contributed by atoms with Crippen LogP contribution in [0.5, 0.6) is 0 Å². The molecule has 0 aliphatic carbocycles. The average molecular weight is 348 g/mol. The van der Waals surface area contributed by atoms with Gasteiger partial charge in [0.05, 0.1) is 4.88 Å².